The van der Waals surface area contributed by atoms with Gasteiger partial charge in [0.25, 0.3) is 5.91 Å². The maximum absolute atomic E-state index is 12.9. The first-order valence-electron chi connectivity index (χ1n) is 5.29. The van der Waals surface area contributed by atoms with Crippen LogP contribution in [0.1, 0.15) is 17.4 Å². The summed E-state index contributed by atoms with van der Waals surface area (Å²) in [6, 6.07) is 7.36. The minimum atomic E-state index is -0.387. The van der Waals surface area contributed by atoms with E-state index in [1.807, 2.05) is 6.92 Å². The van der Waals surface area contributed by atoms with E-state index in [0.29, 0.717) is 17.9 Å². The average molecular weight is 233 g/mol. The Morgan fingerprint density at radius 1 is 1.47 bits per heavy atom. The molecule has 2 rings (SSSR count). The van der Waals surface area contributed by atoms with Crippen molar-refractivity contribution in [1.29, 1.82) is 0 Å². The number of rotatable bonds is 3. The summed E-state index contributed by atoms with van der Waals surface area (Å²) in [6.07, 6.45) is 1.72. The molecule has 0 unspecified atom stereocenters. The van der Waals surface area contributed by atoms with Crippen molar-refractivity contribution < 1.29 is 9.18 Å². The van der Waals surface area contributed by atoms with Crippen molar-refractivity contribution >= 4 is 11.6 Å². The van der Waals surface area contributed by atoms with Gasteiger partial charge >= 0.3 is 0 Å². The number of nitrogens with zero attached hydrogens (tertiary/aromatic N) is 2. The van der Waals surface area contributed by atoms with Gasteiger partial charge in [-0.1, -0.05) is 6.07 Å². The fourth-order valence-corrected chi connectivity index (χ4v) is 1.42. The van der Waals surface area contributed by atoms with E-state index in [-0.39, 0.29) is 11.7 Å². The number of carbonyl (C=O) groups excluding carboxylic acids is 1. The second-order valence-corrected chi connectivity index (χ2v) is 3.52. The number of aromatic nitrogens is 2. The van der Waals surface area contributed by atoms with Gasteiger partial charge < -0.3 is 5.32 Å². The number of nitrogens with one attached hydrogen (secondary N) is 1. The summed E-state index contributed by atoms with van der Waals surface area (Å²) >= 11 is 0. The van der Waals surface area contributed by atoms with Crippen molar-refractivity contribution in [2.75, 3.05) is 5.32 Å². The van der Waals surface area contributed by atoms with Gasteiger partial charge in [0.2, 0.25) is 0 Å². The summed E-state index contributed by atoms with van der Waals surface area (Å²) in [7, 11) is 0. The van der Waals surface area contributed by atoms with Crippen LogP contribution in [0.15, 0.2) is 36.5 Å². The number of hydrogen-bond donors (Lipinski definition) is 1. The van der Waals surface area contributed by atoms with Gasteiger partial charge in [0, 0.05) is 18.4 Å². The Bertz CT molecular complexity index is 536. The first kappa shape index (κ1) is 11.3. The maximum atomic E-state index is 12.9. The lowest BCUT2D eigenvalue weighted by Gasteiger charge is -2.02. The van der Waals surface area contributed by atoms with Gasteiger partial charge in [0.05, 0.1) is 0 Å². The van der Waals surface area contributed by atoms with Crippen molar-refractivity contribution in [1.82, 2.24) is 9.78 Å². The van der Waals surface area contributed by atoms with E-state index in [0.717, 1.165) is 0 Å². The molecule has 0 fully saturated rings. The van der Waals surface area contributed by atoms with Crippen molar-refractivity contribution in [3.63, 3.8) is 0 Å². The number of hydrogen-bond acceptors (Lipinski definition) is 2. The highest BCUT2D eigenvalue weighted by Crippen LogP contribution is 2.10. The van der Waals surface area contributed by atoms with Crippen molar-refractivity contribution in [2.24, 2.45) is 0 Å². The van der Waals surface area contributed by atoms with Gasteiger partial charge in [-0.2, -0.15) is 5.10 Å². The molecule has 0 atom stereocenters. The Morgan fingerprint density at radius 3 is 2.94 bits per heavy atom. The van der Waals surface area contributed by atoms with E-state index in [2.05, 4.69) is 10.4 Å². The third-order valence-corrected chi connectivity index (χ3v) is 2.28. The average Bonchev–Trinajstić information content (AvgIpc) is 2.77. The monoisotopic (exact) mass is 233 g/mol. The molecule has 88 valence electrons. The summed E-state index contributed by atoms with van der Waals surface area (Å²) in [6.45, 7) is 2.63. The van der Waals surface area contributed by atoms with Gasteiger partial charge in [-0.15, -0.1) is 0 Å². The third kappa shape index (κ3) is 2.69. The van der Waals surface area contributed by atoms with Crippen molar-refractivity contribution in [3.05, 3.63) is 48.0 Å². The molecule has 17 heavy (non-hydrogen) atoms. The lowest BCUT2D eigenvalue weighted by Crippen LogP contribution is -2.13. The highest BCUT2D eigenvalue weighted by Gasteiger charge is 2.09. The molecular weight excluding hydrogens is 221 g/mol. The largest absolute Gasteiger partial charge is 0.320 e. The zero-order chi connectivity index (χ0) is 12.3. The van der Waals surface area contributed by atoms with Crippen LogP contribution in [0.25, 0.3) is 0 Å². The molecule has 1 N–H and O–H groups in total. The predicted octanol–water partition coefficient (Wildman–Crippen LogP) is 2.29. The molecule has 1 aromatic carbocycles. The molecule has 0 radical (unpaired) electrons. The minimum Gasteiger partial charge on any atom is -0.320 e. The molecular formula is C12H12FN3O. The summed E-state index contributed by atoms with van der Waals surface area (Å²) in [5.74, 6) is -0.732. The Hall–Kier alpha value is -2.17. The van der Waals surface area contributed by atoms with Crippen LogP contribution in [0, 0.1) is 5.82 Å². The molecule has 0 saturated heterocycles. The standard InChI is InChI=1S/C12H12FN3O/c1-2-16-7-6-11(15-16)12(17)14-10-5-3-4-9(13)8-10/h3-8H,2H2,1H3,(H,14,17). The van der Waals surface area contributed by atoms with Crippen LogP contribution in [0.5, 0.6) is 0 Å². The maximum Gasteiger partial charge on any atom is 0.276 e. The first-order valence-corrected chi connectivity index (χ1v) is 5.29. The van der Waals surface area contributed by atoms with Crippen LogP contribution in [-0.2, 0) is 6.54 Å². The van der Waals surface area contributed by atoms with Crippen LogP contribution in [-0.4, -0.2) is 15.7 Å². The van der Waals surface area contributed by atoms with E-state index >= 15 is 0 Å². The van der Waals surface area contributed by atoms with Gasteiger partial charge in [-0.3, -0.25) is 9.48 Å². The van der Waals surface area contributed by atoms with Crippen LogP contribution >= 0.6 is 0 Å². The van der Waals surface area contributed by atoms with Gasteiger partial charge in [0.15, 0.2) is 5.69 Å². The summed E-state index contributed by atoms with van der Waals surface area (Å²) < 4.78 is 14.6. The van der Waals surface area contributed by atoms with E-state index < -0.39 is 0 Å². The quantitative estimate of drug-likeness (QED) is 0.884. The predicted molar refractivity (Wildman–Crippen MR) is 62.3 cm³/mol. The Balaban J connectivity index is 2.11. The number of amides is 1. The molecule has 0 bridgehead atoms. The normalized spacial score (nSPS) is 10.2. The Kier molecular flexibility index (Phi) is 3.18. The van der Waals surface area contributed by atoms with Crippen LogP contribution in [0.2, 0.25) is 0 Å². The molecule has 1 heterocycles. The molecule has 0 aliphatic heterocycles. The van der Waals surface area contributed by atoms with E-state index in [9.17, 15) is 9.18 Å². The van der Waals surface area contributed by atoms with E-state index in [1.165, 1.54) is 18.2 Å². The topological polar surface area (TPSA) is 46.9 Å². The lowest BCUT2D eigenvalue weighted by molar-refractivity contribution is 0.102. The molecule has 4 nitrogen and oxygen atoms in total. The van der Waals surface area contributed by atoms with Crippen LogP contribution < -0.4 is 5.32 Å². The zero-order valence-electron chi connectivity index (χ0n) is 9.35. The highest BCUT2D eigenvalue weighted by atomic mass is 19.1. The molecule has 0 spiro atoms. The molecule has 1 aromatic heterocycles. The van der Waals surface area contributed by atoms with Gasteiger partial charge in [0.1, 0.15) is 5.82 Å². The van der Waals surface area contributed by atoms with E-state index in [1.54, 1.807) is 23.0 Å². The van der Waals surface area contributed by atoms with Crippen LogP contribution in [0.3, 0.4) is 0 Å². The third-order valence-electron chi connectivity index (χ3n) is 2.28. The number of halogens is 1. The minimum absolute atomic E-state index is 0.316. The highest BCUT2D eigenvalue weighted by molar-refractivity contribution is 6.02. The molecule has 2 aromatic rings. The molecule has 0 aliphatic carbocycles. The second-order valence-electron chi connectivity index (χ2n) is 3.52. The summed E-state index contributed by atoms with van der Waals surface area (Å²) in [5.41, 5.74) is 0.733. The number of carbonyl (C=O) groups is 1. The SMILES string of the molecule is CCn1ccc(C(=O)Nc2cccc(F)c2)n1. The van der Waals surface area contributed by atoms with Crippen LogP contribution in [0.4, 0.5) is 10.1 Å². The first-order chi connectivity index (χ1) is 8.19. The number of anilines is 1. The Labute approximate surface area is 98.1 Å². The van der Waals surface area contributed by atoms with E-state index in [4.69, 9.17) is 0 Å². The second kappa shape index (κ2) is 4.78. The molecule has 1 amide bonds. The zero-order valence-corrected chi connectivity index (χ0v) is 9.35. The van der Waals surface area contributed by atoms with Crippen molar-refractivity contribution in [3.8, 4) is 0 Å². The fourth-order valence-electron chi connectivity index (χ4n) is 1.42. The summed E-state index contributed by atoms with van der Waals surface area (Å²) in [4.78, 5) is 11.7. The number of benzene rings is 1. The van der Waals surface area contributed by atoms with Gasteiger partial charge in [-0.25, -0.2) is 4.39 Å². The smallest absolute Gasteiger partial charge is 0.276 e. The summed E-state index contributed by atoms with van der Waals surface area (Å²) in [5, 5.41) is 6.64. The molecule has 0 aliphatic rings. The molecule has 5 heteroatoms. The number of aryl methyl sites for hydroxylation is 1. The molecule has 0 saturated carbocycles. The lowest BCUT2D eigenvalue weighted by atomic mass is 10.3. The van der Waals surface area contributed by atoms with Gasteiger partial charge in [-0.05, 0) is 31.2 Å². The fraction of sp³-hybridized carbons (Fsp3) is 0.167. The Morgan fingerprint density at radius 2 is 2.29 bits per heavy atom. The van der Waals surface area contributed by atoms with Crippen molar-refractivity contribution in [2.45, 2.75) is 13.5 Å².